The van der Waals surface area contributed by atoms with Crippen LogP contribution in [0.4, 0.5) is 4.79 Å². The summed E-state index contributed by atoms with van der Waals surface area (Å²) in [6, 6.07) is 15.3. The molecule has 0 radical (unpaired) electrons. The predicted molar refractivity (Wildman–Crippen MR) is 142 cm³/mol. The minimum atomic E-state index is -0.644. The van der Waals surface area contributed by atoms with Crippen molar-refractivity contribution in [3.05, 3.63) is 71.4 Å². The fourth-order valence-corrected chi connectivity index (χ4v) is 4.93. The Bertz CT molecular complexity index is 1190. The molecule has 0 bridgehead atoms. The fourth-order valence-electron chi connectivity index (χ4n) is 4.93. The Morgan fingerprint density at radius 3 is 2.41 bits per heavy atom. The third-order valence-electron chi connectivity index (χ3n) is 6.54. The van der Waals surface area contributed by atoms with Crippen molar-refractivity contribution >= 4 is 17.8 Å². The van der Waals surface area contributed by atoms with Gasteiger partial charge in [0.2, 0.25) is 5.91 Å². The molecule has 0 saturated heterocycles. The SMILES string of the molecule is CCN1C(=O)N[C@H](c2cccc(Oc3ccccc3)c2)C2=C1CN([C@@H](CC(C)C)C(=O)NC(C)C)C2=O. The number of ether oxygens (including phenoxy) is 1. The van der Waals surface area contributed by atoms with Crippen molar-refractivity contribution in [2.24, 2.45) is 5.92 Å². The zero-order valence-electron chi connectivity index (χ0n) is 22.2. The Morgan fingerprint density at radius 1 is 1.05 bits per heavy atom. The first-order valence-corrected chi connectivity index (χ1v) is 12.9. The van der Waals surface area contributed by atoms with E-state index in [1.165, 1.54) is 0 Å². The number of carbonyl (C=O) groups is 3. The first kappa shape index (κ1) is 26.3. The molecule has 0 aromatic heterocycles. The van der Waals surface area contributed by atoms with Gasteiger partial charge in [-0.05, 0) is 62.9 Å². The number of hydrogen-bond acceptors (Lipinski definition) is 4. The number of para-hydroxylation sites is 1. The Labute approximate surface area is 218 Å². The van der Waals surface area contributed by atoms with Gasteiger partial charge < -0.3 is 20.3 Å². The summed E-state index contributed by atoms with van der Waals surface area (Å²) in [6.07, 6.45) is 0.531. The van der Waals surface area contributed by atoms with Crippen molar-refractivity contribution in [2.75, 3.05) is 13.1 Å². The van der Waals surface area contributed by atoms with Crippen LogP contribution in [-0.4, -0.2) is 52.8 Å². The second-order valence-electron chi connectivity index (χ2n) is 10.2. The van der Waals surface area contributed by atoms with Crippen molar-refractivity contribution in [2.45, 2.75) is 59.2 Å². The van der Waals surface area contributed by atoms with Gasteiger partial charge in [-0.2, -0.15) is 0 Å². The van der Waals surface area contributed by atoms with E-state index in [1.54, 1.807) is 9.80 Å². The van der Waals surface area contributed by atoms with Crippen LogP contribution in [0.1, 0.15) is 52.6 Å². The largest absolute Gasteiger partial charge is 0.457 e. The summed E-state index contributed by atoms with van der Waals surface area (Å²) in [5.41, 5.74) is 1.90. The summed E-state index contributed by atoms with van der Waals surface area (Å²) in [6.45, 7) is 10.4. The molecule has 0 fully saturated rings. The van der Waals surface area contributed by atoms with Crippen LogP contribution in [0, 0.1) is 5.92 Å². The van der Waals surface area contributed by atoms with E-state index in [0.29, 0.717) is 35.7 Å². The third-order valence-corrected chi connectivity index (χ3v) is 6.54. The number of hydrogen-bond donors (Lipinski definition) is 2. The van der Waals surface area contributed by atoms with Crippen LogP contribution in [0.5, 0.6) is 11.5 Å². The predicted octanol–water partition coefficient (Wildman–Crippen LogP) is 4.60. The van der Waals surface area contributed by atoms with E-state index in [1.807, 2.05) is 89.2 Å². The number of rotatable bonds is 9. The number of urea groups is 1. The first-order valence-electron chi connectivity index (χ1n) is 12.9. The average molecular weight is 505 g/mol. The molecule has 37 heavy (non-hydrogen) atoms. The van der Waals surface area contributed by atoms with Gasteiger partial charge in [-0.25, -0.2) is 4.79 Å². The van der Waals surface area contributed by atoms with Crippen LogP contribution in [0.15, 0.2) is 65.9 Å². The first-order chi connectivity index (χ1) is 17.7. The molecule has 0 unspecified atom stereocenters. The molecule has 2 heterocycles. The zero-order chi connectivity index (χ0) is 26.7. The molecule has 2 N–H and O–H groups in total. The van der Waals surface area contributed by atoms with Crippen LogP contribution < -0.4 is 15.4 Å². The zero-order valence-corrected chi connectivity index (χ0v) is 22.2. The van der Waals surface area contributed by atoms with Gasteiger partial charge in [0, 0.05) is 12.6 Å². The molecule has 0 aliphatic carbocycles. The molecule has 8 nitrogen and oxygen atoms in total. The molecule has 2 aromatic rings. The van der Waals surface area contributed by atoms with E-state index in [0.717, 1.165) is 5.56 Å². The highest BCUT2D eigenvalue weighted by Crippen LogP contribution is 2.38. The van der Waals surface area contributed by atoms with Crippen molar-refractivity contribution in [3.63, 3.8) is 0 Å². The van der Waals surface area contributed by atoms with Gasteiger partial charge in [-0.3, -0.25) is 14.5 Å². The lowest BCUT2D eigenvalue weighted by Gasteiger charge is -2.33. The second kappa shape index (κ2) is 11.1. The molecule has 2 aliphatic rings. The van der Waals surface area contributed by atoms with Gasteiger partial charge in [0.1, 0.15) is 17.5 Å². The van der Waals surface area contributed by atoms with E-state index in [9.17, 15) is 14.4 Å². The Balaban J connectivity index is 1.69. The summed E-state index contributed by atoms with van der Waals surface area (Å²) >= 11 is 0. The highest BCUT2D eigenvalue weighted by Gasteiger charge is 2.47. The molecule has 2 atom stereocenters. The maximum Gasteiger partial charge on any atom is 0.322 e. The standard InChI is InChI=1S/C29H36N4O4/c1-6-32-24-17-33(23(15-18(2)3)27(34)30-19(4)5)28(35)25(24)26(31-29(32)36)20-11-10-14-22(16-20)37-21-12-8-7-9-13-21/h7-14,16,18-19,23,26H,6,15,17H2,1-5H3,(H,30,34)(H,31,36)/t23-,26+/m0/s1. The van der Waals surface area contributed by atoms with E-state index < -0.39 is 12.1 Å². The smallest absolute Gasteiger partial charge is 0.322 e. The summed E-state index contributed by atoms with van der Waals surface area (Å²) in [4.78, 5) is 43.5. The second-order valence-corrected chi connectivity index (χ2v) is 10.2. The van der Waals surface area contributed by atoms with Crippen LogP contribution >= 0.6 is 0 Å². The van der Waals surface area contributed by atoms with E-state index in [2.05, 4.69) is 10.6 Å². The summed E-state index contributed by atoms with van der Waals surface area (Å²) in [7, 11) is 0. The summed E-state index contributed by atoms with van der Waals surface area (Å²) in [5.74, 6) is 1.11. The van der Waals surface area contributed by atoms with Crippen LogP contribution in [0.2, 0.25) is 0 Å². The van der Waals surface area contributed by atoms with Gasteiger partial charge in [0.15, 0.2) is 0 Å². The number of amides is 4. The Morgan fingerprint density at radius 2 is 1.76 bits per heavy atom. The molecule has 2 aliphatic heterocycles. The lowest BCUT2D eigenvalue weighted by atomic mass is 9.95. The third kappa shape index (κ3) is 5.63. The van der Waals surface area contributed by atoms with Crippen LogP contribution in [-0.2, 0) is 9.59 Å². The highest BCUT2D eigenvalue weighted by atomic mass is 16.5. The van der Waals surface area contributed by atoms with Gasteiger partial charge in [0.05, 0.1) is 23.9 Å². The van der Waals surface area contributed by atoms with Crippen molar-refractivity contribution < 1.29 is 19.1 Å². The number of nitrogens with zero attached hydrogens (tertiary/aromatic N) is 2. The average Bonchev–Trinajstić information content (AvgIpc) is 3.19. The molecule has 4 amide bonds. The van der Waals surface area contributed by atoms with Gasteiger partial charge in [0.25, 0.3) is 5.91 Å². The van der Waals surface area contributed by atoms with Crippen LogP contribution in [0.3, 0.4) is 0 Å². The lowest BCUT2D eigenvalue weighted by molar-refractivity contribution is -0.137. The quantitative estimate of drug-likeness (QED) is 0.522. The number of benzene rings is 2. The molecule has 0 saturated carbocycles. The maximum absolute atomic E-state index is 14.0. The fraction of sp³-hybridized carbons (Fsp3) is 0.414. The van der Waals surface area contributed by atoms with Crippen molar-refractivity contribution in [1.29, 1.82) is 0 Å². The molecular weight excluding hydrogens is 468 g/mol. The normalized spacial score (nSPS) is 18.3. The molecule has 4 rings (SSSR count). The van der Waals surface area contributed by atoms with Crippen LogP contribution in [0.25, 0.3) is 0 Å². The summed E-state index contributed by atoms with van der Waals surface area (Å²) in [5, 5.41) is 5.98. The molecule has 196 valence electrons. The Kier molecular flexibility index (Phi) is 7.86. The minimum Gasteiger partial charge on any atom is -0.457 e. The van der Waals surface area contributed by atoms with E-state index in [4.69, 9.17) is 4.74 Å². The summed E-state index contributed by atoms with van der Waals surface area (Å²) < 4.78 is 6.00. The highest BCUT2D eigenvalue weighted by molar-refractivity contribution is 6.03. The number of likely N-dealkylation sites (N-methyl/N-ethyl adjacent to an activating group) is 1. The van der Waals surface area contributed by atoms with E-state index >= 15 is 0 Å². The maximum atomic E-state index is 14.0. The van der Waals surface area contributed by atoms with Crippen molar-refractivity contribution in [3.8, 4) is 11.5 Å². The lowest BCUT2D eigenvalue weighted by Crippen LogP contribution is -2.50. The molecule has 8 heteroatoms. The monoisotopic (exact) mass is 504 g/mol. The van der Waals surface area contributed by atoms with E-state index in [-0.39, 0.29) is 36.3 Å². The number of nitrogens with one attached hydrogen (secondary N) is 2. The molecule has 0 spiro atoms. The minimum absolute atomic E-state index is 0.0436. The molecule has 2 aromatic carbocycles. The van der Waals surface area contributed by atoms with Crippen molar-refractivity contribution in [1.82, 2.24) is 20.4 Å². The molecular formula is C29H36N4O4. The topological polar surface area (TPSA) is 91.0 Å². The Hall–Kier alpha value is -3.81. The number of carbonyl (C=O) groups excluding carboxylic acids is 3. The van der Waals surface area contributed by atoms with Gasteiger partial charge in [-0.15, -0.1) is 0 Å². The van der Waals surface area contributed by atoms with Gasteiger partial charge >= 0.3 is 6.03 Å². The van der Waals surface area contributed by atoms with Gasteiger partial charge in [-0.1, -0.05) is 44.2 Å².